The number of rotatable bonds is 2. The van der Waals surface area contributed by atoms with Gasteiger partial charge in [0.05, 0.1) is 10.2 Å². The number of non-ortho nitro benzene ring substituents is 1. The Morgan fingerprint density at radius 2 is 2.25 bits per heavy atom. The molecule has 0 radical (unpaired) electrons. The van der Waals surface area contributed by atoms with Gasteiger partial charge in [0, 0.05) is 24.7 Å². The van der Waals surface area contributed by atoms with Gasteiger partial charge < -0.3 is 5.73 Å². The van der Waals surface area contributed by atoms with Crippen molar-refractivity contribution in [2.24, 2.45) is 10.7 Å². The molecule has 0 bridgehead atoms. The lowest BCUT2D eigenvalue weighted by Gasteiger charge is -2.46. The number of halogens is 2. The van der Waals surface area contributed by atoms with Gasteiger partial charge in [-0.1, -0.05) is 0 Å². The molecule has 1 fully saturated rings. The maximum atomic E-state index is 14.5. The van der Waals surface area contributed by atoms with Gasteiger partial charge in [-0.15, -0.1) is 0 Å². The van der Waals surface area contributed by atoms with Crippen LogP contribution in [0.15, 0.2) is 23.2 Å². The monoisotopic (exact) mass is 358 g/mol. The topological polar surface area (TPSA) is 102 Å². The second-order valence-corrected chi connectivity index (χ2v) is 7.62. The largest absolute Gasteiger partial charge is 0.369 e. The first-order chi connectivity index (χ1) is 11.3. The van der Waals surface area contributed by atoms with E-state index >= 15 is 0 Å². The van der Waals surface area contributed by atoms with Gasteiger partial charge in [0.1, 0.15) is 28.5 Å². The molecule has 7 nitrogen and oxygen atoms in total. The summed E-state index contributed by atoms with van der Waals surface area (Å²) >= 11 is 0. The smallest absolute Gasteiger partial charge is 0.270 e. The van der Waals surface area contributed by atoms with E-state index in [0.29, 0.717) is 0 Å². The second-order valence-electron chi connectivity index (χ2n) is 5.95. The number of nitrogens with zero attached hydrogens (tertiary/aromatic N) is 3. The van der Waals surface area contributed by atoms with Gasteiger partial charge in [-0.25, -0.2) is 18.0 Å². The summed E-state index contributed by atoms with van der Waals surface area (Å²) in [5.74, 6) is -0.770. The fourth-order valence-electron chi connectivity index (χ4n) is 3.34. The van der Waals surface area contributed by atoms with Crippen LogP contribution in [0.1, 0.15) is 24.8 Å². The Balaban J connectivity index is 2.23. The summed E-state index contributed by atoms with van der Waals surface area (Å²) in [5, 5.41) is 10.2. The van der Waals surface area contributed by atoms with Crippen LogP contribution < -0.4 is 5.73 Å². The van der Waals surface area contributed by atoms with E-state index in [2.05, 4.69) is 4.99 Å². The molecule has 10 heteroatoms. The second kappa shape index (κ2) is 5.76. The van der Waals surface area contributed by atoms with Gasteiger partial charge in [0.2, 0.25) is 5.96 Å². The first-order valence-electron chi connectivity index (χ1n) is 7.34. The summed E-state index contributed by atoms with van der Waals surface area (Å²) in [6, 6.07) is 3.11. The molecule has 1 saturated carbocycles. The number of nitro groups is 1. The van der Waals surface area contributed by atoms with Gasteiger partial charge in [0.25, 0.3) is 5.69 Å². The Morgan fingerprint density at radius 3 is 2.92 bits per heavy atom. The molecule has 2 N–H and O–H groups in total. The molecule has 4 atom stereocenters. The lowest BCUT2D eigenvalue weighted by molar-refractivity contribution is -0.385. The summed E-state index contributed by atoms with van der Waals surface area (Å²) in [7, 11) is -0.254. The van der Waals surface area contributed by atoms with Crippen molar-refractivity contribution in [3.63, 3.8) is 0 Å². The van der Waals surface area contributed by atoms with Crippen molar-refractivity contribution in [1.82, 2.24) is 4.31 Å². The quantitative estimate of drug-likeness (QED) is 0.642. The molecule has 130 valence electrons. The Morgan fingerprint density at radius 1 is 1.54 bits per heavy atom. The Kier molecular flexibility index (Phi) is 4.02. The molecule has 1 aliphatic carbocycles. The average Bonchev–Trinajstić information content (AvgIpc) is 2.54. The lowest BCUT2D eigenvalue weighted by Crippen LogP contribution is -2.57. The van der Waals surface area contributed by atoms with Gasteiger partial charge in [-0.2, -0.15) is 0 Å². The summed E-state index contributed by atoms with van der Waals surface area (Å²) < 4.78 is 42.3. The number of guanidine groups is 1. The first-order valence-corrected chi connectivity index (χ1v) is 8.51. The zero-order valence-corrected chi connectivity index (χ0v) is 13.6. The van der Waals surface area contributed by atoms with Crippen LogP contribution in [-0.2, 0) is 16.5 Å². The number of hydrogen-bond acceptors (Lipinski definition) is 5. The van der Waals surface area contributed by atoms with E-state index in [1.54, 1.807) is 0 Å². The predicted molar refractivity (Wildman–Crippen MR) is 84.8 cm³/mol. The van der Waals surface area contributed by atoms with E-state index in [1.165, 1.54) is 11.4 Å². The van der Waals surface area contributed by atoms with Crippen molar-refractivity contribution in [2.75, 3.05) is 7.05 Å². The number of nitrogens with two attached hydrogens (primary N) is 1. The lowest BCUT2D eigenvalue weighted by atomic mass is 9.75. The molecule has 3 rings (SSSR count). The van der Waals surface area contributed by atoms with Crippen LogP contribution in [0.4, 0.5) is 14.5 Å². The number of benzene rings is 1. The highest BCUT2D eigenvalue weighted by molar-refractivity contribution is 7.84. The van der Waals surface area contributed by atoms with Gasteiger partial charge in [-0.05, 0) is 25.3 Å². The third kappa shape index (κ3) is 2.45. The van der Waals surface area contributed by atoms with Crippen LogP contribution in [0.25, 0.3) is 0 Å². The zero-order chi connectivity index (χ0) is 17.6. The molecule has 1 heterocycles. The van der Waals surface area contributed by atoms with Crippen LogP contribution in [0, 0.1) is 15.9 Å². The number of aliphatic imine (C=N–C) groups is 1. The van der Waals surface area contributed by atoms with E-state index < -0.39 is 38.7 Å². The fourth-order valence-corrected chi connectivity index (χ4v) is 4.96. The first kappa shape index (κ1) is 16.7. The van der Waals surface area contributed by atoms with Crippen LogP contribution in [0.3, 0.4) is 0 Å². The summed E-state index contributed by atoms with van der Waals surface area (Å²) in [6.45, 7) is 0. The summed E-state index contributed by atoms with van der Waals surface area (Å²) in [4.78, 5) is 14.7. The van der Waals surface area contributed by atoms with Crippen molar-refractivity contribution in [3.05, 3.63) is 39.7 Å². The van der Waals surface area contributed by atoms with Gasteiger partial charge in [-0.3, -0.25) is 14.4 Å². The third-order valence-corrected chi connectivity index (χ3v) is 6.41. The highest BCUT2D eigenvalue weighted by Crippen LogP contribution is 2.48. The van der Waals surface area contributed by atoms with E-state index in [1.807, 2.05) is 0 Å². The minimum Gasteiger partial charge on any atom is -0.369 e. The third-order valence-electron chi connectivity index (χ3n) is 4.62. The molecule has 24 heavy (non-hydrogen) atoms. The molecular formula is C14H16F2N4O3S. The van der Waals surface area contributed by atoms with Crippen molar-refractivity contribution < 1.29 is 17.9 Å². The van der Waals surface area contributed by atoms with Crippen molar-refractivity contribution in [3.8, 4) is 0 Å². The maximum Gasteiger partial charge on any atom is 0.270 e. The highest BCUT2D eigenvalue weighted by Gasteiger charge is 2.53. The summed E-state index contributed by atoms with van der Waals surface area (Å²) in [6.07, 6.45) is -1.08. The minimum atomic E-state index is -1.72. The number of nitro benzene ring substituents is 1. The van der Waals surface area contributed by atoms with Crippen molar-refractivity contribution in [2.45, 2.75) is 36.2 Å². The molecule has 0 aromatic heterocycles. The molecule has 1 aliphatic heterocycles. The molecule has 0 saturated heterocycles. The molecule has 0 amide bonds. The standard InChI is InChI=1S/C14H16F2N4O3S/c1-19-13(17)18-14(5-4-8(15)6-12(14)24(19)23)10-7-9(20(21)22)2-3-11(10)16/h2-3,7-8,12H,4-6H2,1H3,(H2,17,18). The molecule has 4 unspecified atom stereocenters. The predicted octanol–water partition coefficient (Wildman–Crippen LogP) is 1.74. The normalized spacial score (nSPS) is 32.9. The molecule has 0 spiro atoms. The summed E-state index contributed by atoms with van der Waals surface area (Å²) in [5.41, 5.74) is 4.09. The SMILES string of the molecule is CN1C(N)=NC2(c3cc([N+](=O)[O-])ccc3F)CCC(F)CC2S1=O. The van der Waals surface area contributed by atoms with Crippen LogP contribution in [-0.4, -0.2) is 37.9 Å². The zero-order valence-electron chi connectivity index (χ0n) is 12.8. The fraction of sp³-hybridized carbons (Fsp3) is 0.500. The Bertz CT molecular complexity index is 760. The molecular weight excluding hydrogens is 342 g/mol. The van der Waals surface area contributed by atoms with Crippen LogP contribution >= 0.6 is 0 Å². The highest BCUT2D eigenvalue weighted by atomic mass is 32.2. The molecule has 1 aromatic carbocycles. The van der Waals surface area contributed by atoms with E-state index in [4.69, 9.17) is 5.73 Å². The van der Waals surface area contributed by atoms with E-state index in [-0.39, 0.29) is 36.5 Å². The molecule has 2 aliphatic rings. The van der Waals surface area contributed by atoms with Crippen molar-refractivity contribution in [1.29, 1.82) is 0 Å². The Hall–Kier alpha value is -2.10. The average molecular weight is 358 g/mol. The molecule has 1 aromatic rings. The Labute approximate surface area is 139 Å². The number of fused-ring (bicyclic) bond motifs is 1. The number of alkyl halides is 1. The van der Waals surface area contributed by atoms with Crippen LogP contribution in [0.5, 0.6) is 0 Å². The van der Waals surface area contributed by atoms with Crippen LogP contribution in [0.2, 0.25) is 0 Å². The van der Waals surface area contributed by atoms with E-state index in [0.717, 1.165) is 18.2 Å². The van der Waals surface area contributed by atoms with Crippen molar-refractivity contribution >= 4 is 22.6 Å². The maximum absolute atomic E-state index is 14.5. The minimum absolute atomic E-state index is 0.0574. The van der Waals surface area contributed by atoms with Gasteiger partial charge >= 0.3 is 0 Å². The van der Waals surface area contributed by atoms with E-state index in [9.17, 15) is 23.1 Å². The number of hydrogen-bond donors (Lipinski definition) is 1. The van der Waals surface area contributed by atoms with Gasteiger partial charge in [0.15, 0.2) is 0 Å².